The molecular formula is C13H26N2O2. The van der Waals surface area contributed by atoms with Crippen LogP contribution in [0, 0.1) is 5.92 Å². The predicted octanol–water partition coefficient (Wildman–Crippen LogP) is 1.31. The topological polar surface area (TPSA) is 50.4 Å². The molecule has 1 heterocycles. The standard InChI is InChI=1S/C13H26N2O2/c1-4-11-6-7-14-12(8-11)13(16)15-9-10(3)17-5-2/h10-12,14H,4-9H2,1-3H3,(H,15,16). The van der Waals surface area contributed by atoms with Crippen molar-refractivity contribution in [2.75, 3.05) is 19.7 Å². The van der Waals surface area contributed by atoms with E-state index >= 15 is 0 Å². The van der Waals surface area contributed by atoms with E-state index in [1.165, 1.54) is 12.8 Å². The Bertz CT molecular complexity index is 233. The summed E-state index contributed by atoms with van der Waals surface area (Å²) in [6.45, 7) is 8.39. The highest BCUT2D eigenvalue weighted by Crippen LogP contribution is 2.19. The second-order valence-corrected chi connectivity index (χ2v) is 4.82. The van der Waals surface area contributed by atoms with Crippen LogP contribution in [-0.4, -0.2) is 37.7 Å². The summed E-state index contributed by atoms with van der Waals surface area (Å²) in [5.41, 5.74) is 0. The SMILES string of the molecule is CCOC(C)CNC(=O)C1CC(CC)CCN1. The van der Waals surface area contributed by atoms with Crippen molar-refractivity contribution < 1.29 is 9.53 Å². The molecule has 0 aromatic rings. The van der Waals surface area contributed by atoms with Crippen LogP contribution in [0.25, 0.3) is 0 Å². The van der Waals surface area contributed by atoms with Crippen molar-refractivity contribution in [3.63, 3.8) is 0 Å². The number of carbonyl (C=O) groups excluding carboxylic acids is 1. The number of amides is 1. The Morgan fingerprint density at radius 2 is 2.29 bits per heavy atom. The zero-order chi connectivity index (χ0) is 12.7. The fourth-order valence-corrected chi connectivity index (χ4v) is 2.28. The Hall–Kier alpha value is -0.610. The van der Waals surface area contributed by atoms with Crippen LogP contribution in [0.4, 0.5) is 0 Å². The summed E-state index contributed by atoms with van der Waals surface area (Å²) < 4.78 is 5.39. The van der Waals surface area contributed by atoms with Gasteiger partial charge in [-0.15, -0.1) is 0 Å². The van der Waals surface area contributed by atoms with E-state index in [0.29, 0.717) is 19.1 Å². The van der Waals surface area contributed by atoms with Crippen molar-refractivity contribution in [2.45, 2.75) is 52.2 Å². The summed E-state index contributed by atoms with van der Waals surface area (Å²) in [4.78, 5) is 11.9. The van der Waals surface area contributed by atoms with Crippen LogP contribution in [0.1, 0.15) is 40.0 Å². The number of rotatable bonds is 6. The Kier molecular flexibility index (Phi) is 6.52. The van der Waals surface area contributed by atoms with Gasteiger partial charge in [0.1, 0.15) is 0 Å². The van der Waals surface area contributed by atoms with E-state index < -0.39 is 0 Å². The zero-order valence-electron chi connectivity index (χ0n) is 11.3. The number of carbonyl (C=O) groups is 1. The van der Waals surface area contributed by atoms with Gasteiger partial charge >= 0.3 is 0 Å². The van der Waals surface area contributed by atoms with Gasteiger partial charge in [-0.2, -0.15) is 0 Å². The Morgan fingerprint density at radius 3 is 2.94 bits per heavy atom. The lowest BCUT2D eigenvalue weighted by molar-refractivity contribution is -0.124. The summed E-state index contributed by atoms with van der Waals surface area (Å²) in [5.74, 6) is 0.811. The molecule has 3 unspecified atom stereocenters. The molecular weight excluding hydrogens is 216 g/mol. The Labute approximate surface area is 104 Å². The van der Waals surface area contributed by atoms with E-state index in [1.54, 1.807) is 0 Å². The maximum atomic E-state index is 11.9. The molecule has 4 nitrogen and oxygen atoms in total. The minimum absolute atomic E-state index is 0.0115. The molecule has 1 aliphatic rings. The first kappa shape index (κ1) is 14.5. The molecule has 3 atom stereocenters. The average Bonchev–Trinajstić information content (AvgIpc) is 2.36. The van der Waals surface area contributed by atoms with Crippen molar-refractivity contribution in [2.24, 2.45) is 5.92 Å². The number of hydrogen-bond acceptors (Lipinski definition) is 3. The number of nitrogens with one attached hydrogen (secondary N) is 2. The highest BCUT2D eigenvalue weighted by atomic mass is 16.5. The number of ether oxygens (including phenoxy) is 1. The highest BCUT2D eigenvalue weighted by molar-refractivity contribution is 5.81. The molecule has 0 aliphatic carbocycles. The molecule has 100 valence electrons. The average molecular weight is 242 g/mol. The highest BCUT2D eigenvalue weighted by Gasteiger charge is 2.25. The van der Waals surface area contributed by atoms with E-state index in [2.05, 4.69) is 17.6 Å². The van der Waals surface area contributed by atoms with Crippen LogP contribution >= 0.6 is 0 Å². The van der Waals surface area contributed by atoms with Gasteiger partial charge in [-0.3, -0.25) is 4.79 Å². The molecule has 2 N–H and O–H groups in total. The molecule has 0 bridgehead atoms. The van der Waals surface area contributed by atoms with Gasteiger partial charge in [0.15, 0.2) is 0 Å². The van der Waals surface area contributed by atoms with Crippen molar-refractivity contribution >= 4 is 5.91 Å². The number of hydrogen-bond donors (Lipinski definition) is 2. The first-order valence-corrected chi connectivity index (χ1v) is 6.80. The fourth-order valence-electron chi connectivity index (χ4n) is 2.28. The first-order chi connectivity index (χ1) is 8.17. The summed E-state index contributed by atoms with van der Waals surface area (Å²) in [6.07, 6.45) is 3.41. The summed E-state index contributed by atoms with van der Waals surface area (Å²) in [7, 11) is 0. The third-order valence-electron chi connectivity index (χ3n) is 3.42. The quantitative estimate of drug-likeness (QED) is 0.738. The minimum Gasteiger partial charge on any atom is -0.377 e. The molecule has 0 aromatic heterocycles. The monoisotopic (exact) mass is 242 g/mol. The van der Waals surface area contributed by atoms with Crippen LogP contribution in [-0.2, 0) is 9.53 Å². The van der Waals surface area contributed by atoms with Crippen LogP contribution < -0.4 is 10.6 Å². The van der Waals surface area contributed by atoms with Gasteiger partial charge < -0.3 is 15.4 Å². The molecule has 0 saturated carbocycles. The molecule has 0 aromatic carbocycles. The van der Waals surface area contributed by atoms with Crippen molar-refractivity contribution in [1.29, 1.82) is 0 Å². The van der Waals surface area contributed by atoms with Gasteiger partial charge in [0.05, 0.1) is 12.1 Å². The molecule has 0 spiro atoms. The largest absolute Gasteiger partial charge is 0.377 e. The summed E-state index contributed by atoms with van der Waals surface area (Å²) in [5, 5.41) is 6.24. The van der Waals surface area contributed by atoms with E-state index in [-0.39, 0.29) is 18.1 Å². The normalized spacial score (nSPS) is 26.5. The molecule has 17 heavy (non-hydrogen) atoms. The van der Waals surface area contributed by atoms with Gasteiger partial charge in [0, 0.05) is 13.2 Å². The predicted molar refractivity (Wildman–Crippen MR) is 68.9 cm³/mol. The third-order valence-corrected chi connectivity index (χ3v) is 3.42. The minimum atomic E-state index is -0.0115. The second kappa shape index (κ2) is 7.67. The Morgan fingerprint density at radius 1 is 1.53 bits per heavy atom. The lowest BCUT2D eigenvalue weighted by Gasteiger charge is -2.29. The molecule has 1 aliphatic heterocycles. The van der Waals surface area contributed by atoms with E-state index in [4.69, 9.17) is 4.74 Å². The lowest BCUT2D eigenvalue weighted by Crippen LogP contribution is -2.50. The third kappa shape index (κ3) is 5.04. The summed E-state index contributed by atoms with van der Waals surface area (Å²) >= 11 is 0. The van der Waals surface area contributed by atoms with Crippen molar-refractivity contribution in [1.82, 2.24) is 10.6 Å². The van der Waals surface area contributed by atoms with Crippen molar-refractivity contribution in [3.05, 3.63) is 0 Å². The molecule has 4 heteroatoms. The van der Waals surface area contributed by atoms with Crippen molar-refractivity contribution in [3.8, 4) is 0 Å². The van der Waals surface area contributed by atoms with Crippen LogP contribution in [0.5, 0.6) is 0 Å². The Balaban J connectivity index is 2.27. The lowest BCUT2D eigenvalue weighted by atomic mass is 9.90. The van der Waals surface area contributed by atoms with E-state index in [9.17, 15) is 4.79 Å². The maximum Gasteiger partial charge on any atom is 0.237 e. The second-order valence-electron chi connectivity index (χ2n) is 4.82. The van der Waals surface area contributed by atoms with Crippen LogP contribution in [0.2, 0.25) is 0 Å². The zero-order valence-corrected chi connectivity index (χ0v) is 11.3. The summed E-state index contributed by atoms with van der Waals surface area (Å²) in [6, 6.07) is -0.0115. The number of piperidine rings is 1. The van der Waals surface area contributed by atoms with E-state index in [1.807, 2.05) is 13.8 Å². The molecule has 1 amide bonds. The van der Waals surface area contributed by atoms with Gasteiger partial charge in [-0.1, -0.05) is 13.3 Å². The van der Waals surface area contributed by atoms with Gasteiger partial charge in [0.2, 0.25) is 5.91 Å². The maximum absolute atomic E-state index is 11.9. The molecule has 0 radical (unpaired) electrons. The van der Waals surface area contributed by atoms with Crippen LogP contribution in [0.15, 0.2) is 0 Å². The first-order valence-electron chi connectivity index (χ1n) is 6.80. The van der Waals surface area contributed by atoms with Gasteiger partial charge in [-0.25, -0.2) is 0 Å². The molecule has 1 rings (SSSR count). The smallest absolute Gasteiger partial charge is 0.237 e. The van der Waals surface area contributed by atoms with Crippen LogP contribution in [0.3, 0.4) is 0 Å². The van der Waals surface area contributed by atoms with Gasteiger partial charge in [-0.05, 0) is 39.2 Å². The molecule has 1 fully saturated rings. The van der Waals surface area contributed by atoms with Gasteiger partial charge in [0.25, 0.3) is 0 Å². The van der Waals surface area contributed by atoms with E-state index in [0.717, 1.165) is 13.0 Å². The molecule has 1 saturated heterocycles. The fraction of sp³-hybridized carbons (Fsp3) is 0.923.